The molecule has 3 rings (SSSR count). The maximum absolute atomic E-state index is 12.3. The van der Waals surface area contributed by atoms with E-state index in [1.54, 1.807) is 6.07 Å². The van der Waals surface area contributed by atoms with Gasteiger partial charge in [-0.05, 0) is 36.6 Å². The van der Waals surface area contributed by atoms with Crippen molar-refractivity contribution < 1.29 is 4.79 Å². The summed E-state index contributed by atoms with van der Waals surface area (Å²) in [5.41, 5.74) is 3.69. The zero-order chi connectivity index (χ0) is 19.1. The highest BCUT2D eigenvalue weighted by atomic mass is 35.5. The summed E-state index contributed by atoms with van der Waals surface area (Å²) in [6.07, 6.45) is 2.20. The average molecular weight is 381 g/mol. The van der Waals surface area contributed by atoms with Crippen LogP contribution in [0, 0.1) is 6.92 Å². The molecule has 2 aromatic carbocycles. The van der Waals surface area contributed by atoms with Gasteiger partial charge in [-0.15, -0.1) is 0 Å². The van der Waals surface area contributed by atoms with E-state index in [0.717, 1.165) is 28.1 Å². The summed E-state index contributed by atoms with van der Waals surface area (Å²) >= 11 is 5.99. The van der Waals surface area contributed by atoms with Crippen LogP contribution >= 0.6 is 11.6 Å². The molecular formula is C21H21ClN4O. The van der Waals surface area contributed by atoms with Crippen LogP contribution < -0.4 is 10.6 Å². The summed E-state index contributed by atoms with van der Waals surface area (Å²) in [5.74, 6) is 0.393. The van der Waals surface area contributed by atoms with Gasteiger partial charge in [-0.1, -0.05) is 53.6 Å². The van der Waals surface area contributed by atoms with Gasteiger partial charge < -0.3 is 10.6 Å². The molecule has 6 heteroatoms. The number of halogens is 1. The first kappa shape index (κ1) is 18.9. The lowest BCUT2D eigenvalue weighted by molar-refractivity contribution is 0.0946. The minimum absolute atomic E-state index is 0.225. The van der Waals surface area contributed by atoms with Crippen LogP contribution in [0.25, 0.3) is 0 Å². The van der Waals surface area contributed by atoms with Crippen molar-refractivity contribution in [3.05, 3.63) is 88.3 Å². The first-order valence-corrected chi connectivity index (χ1v) is 9.12. The molecule has 1 aromatic heterocycles. The van der Waals surface area contributed by atoms with Crippen molar-refractivity contribution in [3.8, 4) is 0 Å². The number of amides is 1. The molecule has 0 fully saturated rings. The second-order valence-corrected chi connectivity index (χ2v) is 6.70. The van der Waals surface area contributed by atoms with E-state index in [9.17, 15) is 4.79 Å². The van der Waals surface area contributed by atoms with Gasteiger partial charge >= 0.3 is 0 Å². The monoisotopic (exact) mass is 380 g/mol. The lowest BCUT2D eigenvalue weighted by Crippen LogP contribution is -2.24. The Labute approximate surface area is 163 Å². The third-order valence-electron chi connectivity index (χ3n) is 4.04. The molecular weight excluding hydrogens is 360 g/mol. The molecule has 5 nitrogen and oxygen atoms in total. The lowest BCUT2D eigenvalue weighted by atomic mass is 10.1. The molecule has 3 aromatic rings. The second kappa shape index (κ2) is 9.14. The smallest absolute Gasteiger partial charge is 0.270 e. The van der Waals surface area contributed by atoms with Gasteiger partial charge in [-0.25, -0.2) is 9.97 Å². The molecule has 0 bridgehead atoms. The van der Waals surface area contributed by atoms with E-state index in [1.165, 1.54) is 6.33 Å². The molecule has 0 unspecified atom stereocenters. The Bertz CT molecular complexity index is 929. The van der Waals surface area contributed by atoms with Crippen LogP contribution in [-0.4, -0.2) is 22.4 Å². The summed E-state index contributed by atoms with van der Waals surface area (Å²) in [7, 11) is 0. The van der Waals surface area contributed by atoms with E-state index in [4.69, 9.17) is 11.6 Å². The number of hydrogen-bond acceptors (Lipinski definition) is 4. The summed E-state index contributed by atoms with van der Waals surface area (Å²) in [5, 5.41) is 6.83. The van der Waals surface area contributed by atoms with Crippen LogP contribution in [0.5, 0.6) is 0 Å². The van der Waals surface area contributed by atoms with Gasteiger partial charge in [0.15, 0.2) is 0 Å². The highest BCUT2D eigenvalue weighted by molar-refractivity contribution is 6.30. The van der Waals surface area contributed by atoms with E-state index in [-0.39, 0.29) is 5.91 Å². The summed E-state index contributed by atoms with van der Waals surface area (Å²) < 4.78 is 0. The number of benzene rings is 2. The largest absolute Gasteiger partial charge is 0.370 e. The zero-order valence-electron chi connectivity index (χ0n) is 15.1. The van der Waals surface area contributed by atoms with Crippen LogP contribution in [-0.2, 0) is 13.0 Å². The Hall–Kier alpha value is -2.92. The molecule has 0 saturated carbocycles. The number of nitrogens with one attached hydrogen (secondary N) is 2. The highest BCUT2D eigenvalue weighted by Gasteiger charge is 2.08. The molecule has 2 N–H and O–H groups in total. The lowest BCUT2D eigenvalue weighted by Gasteiger charge is -2.08. The third-order valence-corrected chi connectivity index (χ3v) is 4.28. The van der Waals surface area contributed by atoms with Crippen molar-refractivity contribution in [1.29, 1.82) is 0 Å². The number of carbonyl (C=O) groups excluding carboxylic acids is 1. The van der Waals surface area contributed by atoms with Gasteiger partial charge in [0.05, 0.1) is 0 Å². The Morgan fingerprint density at radius 1 is 1.04 bits per heavy atom. The average Bonchev–Trinajstić information content (AvgIpc) is 2.66. The number of rotatable bonds is 7. The first-order valence-electron chi connectivity index (χ1n) is 8.74. The highest BCUT2D eigenvalue weighted by Crippen LogP contribution is 2.12. The van der Waals surface area contributed by atoms with Gasteiger partial charge in [0, 0.05) is 24.2 Å². The van der Waals surface area contributed by atoms with Crippen LogP contribution in [0.4, 0.5) is 5.82 Å². The Kier molecular flexibility index (Phi) is 6.39. The summed E-state index contributed by atoms with van der Waals surface area (Å²) in [6.45, 7) is 3.17. The first-order chi connectivity index (χ1) is 13.1. The fourth-order valence-corrected chi connectivity index (χ4v) is 2.91. The van der Waals surface area contributed by atoms with Crippen LogP contribution in [0.2, 0.25) is 5.02 Å². The molecule has 138 valence electrons. The van der Waals surface area contributed by atoms with E-state index in [0.29, 0.717) is 24.6 Å². The Morgan fingerprint density at radius 3 is 2.67 bits per heavy atom. The third kappa shape index (κ3) is 5.79. The quantitative estimate of drug-likeness (QED) is 0.649. The minimum atomic E-state index is -0.225. The van der Waals surface area contributed by atoms with Crippen molar-refractivity contribution in [2.45, 2.75) is 19.9 Å². The van der Waals surface area contributed by atoms with Gasteiger partial charge in [0.1, 0.15) is 17.8 Å². The number of nitrogens with zero attached hydrogens (tertiary/aromatic N) is 2. The molecule has 0 aliphatic carbocycles. The second-order valence-electron chi connectivity index (χ2n) is 6.27. The van der Waals surface area contributed by atoms with E-state index < -0.39 is 0 Å². The molecule has 0 saturated heterocycles. The maximum Gasteiger partial charge on any atom is 0.270 e. The van der Waals surface area contributed by atoms with E-state index >= 15 is 0 Å². The molecule has 0 radical (unpaired) electrons. The summed E-state index contributed by atoms with van der Waals surface area (Å²) in [6, 6.07) is 17.4. The standard InChI is InChI=1S/C21H21ClN4O/c1-15-4-2-6-17(10-15)13-24-21(27)19-12-20(26-14-25-19)23-9-8-16-5-3-7-18(22)11-16/h2-7,10-12,14H,8-9,13H2,1H3,(H,24,27)(H,23,25,26). The molecule has 1 amide bonds. The van der Waals surface area contributed by atoms with Crippen molar-refractivity contribution in [3.63, 3.8) is 0 Å². The van der Waals surface area contributed by atoms with E-state index in [1.807, 2.05) is 55.5 Å². The van der Waals surface area contributed by atoms with Crippen molar-refractivity contribution in [2.75, 3.05) is 11.9 Å². The van der Waals surface area contributed by atoms with Crippen LogP contribution in [0.15, 0.2) is 60.9 Å². The molecule has 0 aliphatic rings. The molecule has 0 spiro atoms. The van der Waals surface area contributed by atoms with Gasteiger partial charge in [-0.2, -0.15) is 0 Å². The molecule has 1 heterocycles. The van der Waals surface area contributed by atoms with E-state index in [2.05, 4.69) is 20.6 Å². The van der Waals surface area contributed by atoms with Gasteiger partial charge in [0.25, 0.3) is 5.91 Å². The number of aromatic nitrogens is 2. The predicted octanol–water partition coefficient (Wildman–Crippen LogP) is 4.02. The Morgan fingerprint density at radius 2 is 1.85 bits per heavy atom. The number of aryl methyl sites for hydroxylation is 1. The van der Waals surface area contributed by atoms with Crippen LogP contribution in [0.3, 0.4) is 0 Å². The number of hydrogen-bond donors (Lipinski definition) is 2. The maximum atomic E-state index is 12.3. The molecule has 0 aliphatic heterocycles. The molecule has 27 heavy (non-hydrogen) atoms. The van der Waals surface area contributed by atoms with Gasteiger partial charge in [0.2, 0.25) is 0 Å². The van der Waals surface area contributed by atoms with Crippen molar-refractivity contribution in [1.82, 2.24) is 15.3 Å². The summed E-state index contributed by atoms with van der Waals surface area (Å²) in [4.78, 5) is 20.6. The van der Waals surface area contributed by atoms with Crippen molar-refractivity contribution >= 4 is 23.3 Å². The topological polar surface area (TPSA) is 66.9 Å². The van der Waals surface area contributed by atoms with Crippen LogP contribution in [0.1, 0.15) is 27.2 Å². The zero-order valence-corrected chi connectivity index (χ0v) is 15.8. The molecule has 0 atom stereocenters. The number of carbonyl (C=O) groups is 1. The Balaban J connectivity index is 1.53. The van der Waals surface area contributed by atoms with Crippen molar-refractivity contribution in [2.24, 2.45) is 0 Å². The fraction of sp³-hybridized carbons (Fsp3) is 0.190. The predicted molar refractivity (Wildman–Crippen MR) is 108 cm³/mol. The fourth-order valence-electron chi connectivity index (χ4n) is 2.70. The minimum Gasteiger partial charge on any atom is -0.370 e. The normalized spacial score (nSPS) is 10.4. The number of anilines is 1. The SMILES string of the molecule is Cc1cccc(CNC(=O)c2cc(NCCc3cccc(Cl)c3)ncn2)c1. The van der Waals surface area contributed by atoms with Gasteiger partial charge in [-0.3, -0.25) is 4.79 Å².